The van der Waals surface area contributed by atoms with Crippen LogP contribution in [0.15, 0.2) is 50.2 Å². The molecule has 0 aliphatic carbocycles. The maximum absolute atomic E-state index is 13.7. The summed E-state index contributed by atoms with van der Waals surface area (Å²) < 4.78 is 5.26. The highest BCUT2D eigenvalue weighted by molar-refractivity contribution is 7.13. The monoisotopic (exact) mass is 523 g/mol. The molecule has 10 nitrogen and oxygen atoms in total. The number of H-pyrrole nitrogens is 1. The molecule has 0 spiro atoms. The Kier molecular flexibility index (Phi) is 6.36. The van der Waals surface area contributed by atoms with E-state index in [1.54, 1.807) is 23.8 Å². The van der Waals surface area contributed by atoms with Crippen LogP contribution in [0.5, 0.6) is 0 Å². The third-order valence-corrected chi connectivity index (χ3v) is 8.12. The molecule has 37 heavy (non-hydrogen) atoms. The van der Waals surface area contributed by atoms with E-state index in [1.165, 1.54) is 11.0 Å². The van der Waals surface area contributed by atoms with E-state index < -0.39 is 29.2 Å². The van der Waals surface area contributed by atoms with Crippen LogP contribution in [-0.4, -0.2) is 56.5 Å². The van der Waals surface area contributed by atoms with Crippen LogP contribution in [0.2, 0.25) is 0 Å². The summed E-state index contributed by atoms with van der Waals surface area (Å²) in [6.45, 7) is 7.51. The molecule has 5 rings (SSSR count). The fourth-order valence-corrected chi connectivity index (χ4v) is 5.93. The summed E-state index contributed by atoms with van der Waals surface area (Å²) in [5, 5.41) is 15.6. The van der Waals surface area contributed by atoms with Gasteiger partial charge in [0.15, 0.2) is 11.3 Å². The van der Waals surface area contributed by atoms with Gasteiger partial charge in [-0.3, -0.25) is 14.4 Å². The van der Waals surface area contributed by atoms with Crippen LogP contribution in [0.4, 0.5) is 0 Å². The number of β-amino-alcohol motifs (C(OH)–C–C–N with tert-alkyl or cyclic N) is 1. The molecular weight excluding hydrogens is 494 g/mol. The molecule has 1 aromatic carbocycles. The number of rotatable bonds is 6. The van der Waals surface area contributed by atoms with Gasteiger partial charge in [-0.05, 0) is 30.9 Å². The molecule has 0 bridgehead atoms. The lowest BCUT2D eigenvalue weighted by atomic mass is 9.91. The normalized spacial score (nSPS) is 24.4. The predicted octanol–water partition coefficient (Wildman–Crippen LogP) is 2.54. The predicted molar refractivity (Wildman–Crippen MR) is 138 cm³/mol. The number of aliphatic hydroxyl groups excluding tert-OH is 1. The fraction of sp³-hybridized carbons (Fsp3) is 0.423. The summed E-state index contributed by atoms with van der Waals surface area (Å²) in [5.41, 5.74) is 2.89. The number of nitrogens with zero attached hydrogens (tertiary/aromatic N) is 3. The Labute approximate surface area is 217 Å². The lowest BCUT2D eigenvalue weighted by molar-refractivity contribution is -0.134. The number of aromatic amines is 1. The van der Waals surface area contributed by atoms with Gasteiger partial charge in [-0.1, -0.05) is 38.1 Å². The Morgan fingerprint density at radius 3 is 2.59 bits per heavy atom. The van der Waals surface area contributed by atoms with Crippen LogP contribution in [-0.2, 0) is 15.1 Å². The molecule has 2 aromatic heterocycles. The maximum Gasteiger partial charge on any atom is 0.280 e. The van der Waals surface area contributed by atoms with Gasteiger partial charge in [-0.25, -0.2) is 9.98 Å². The van der Waals surface area contributed by atoms with Gasteiger partial charge in [-0.15, -0.1) is 11.3 Å². The smallest absolute Gasteiger partial charge is 0.280 e. The minimum absolute atomic E-state index is 0.0931. The average molecular weight is 524 g/mol. The van der Waals surface area contributed by atoms with Crippen molar-refractivity contribution in [2.24, 2.45) is 10.9 Å². The number of aliphatic imine (C=N–C) groups is 1. The van der Waals surface area contributed by atoms with Crippen LogP contribution in [0.25, 0.3) is 10.4 Å². The number of amides is 2. The van der Waals surface area contributed by atoms with E-state index in [2.05, 4.69) is 15.5 Å². The average Bonchev–Trinajstić information content (AvgIpc) is 3.62. The molecule has 2 aliphatic rings. The lowest BCUT2D eigenvalue weighted by Crippen LogP contribution is -2.48. The number of likely N-dealkylation sites (tertiary alicyclic amines) is 1. The van der Waals surface area contributed by atoms with E-state index in [1.807, 2.05) is 45.0 Å². The Morgan fingerprint density at radius 2 is 2.00 bits per heavy atom. The number of hydrogen-bond donors (Lipinski definition) is 3. The van der Waals surface area contributed by atoms with E-state index in [0.717, 1.165) is 21.7 Å². The van der Waals surface area contributed by atoms with E-state index in [9.17, 15) is 19.5 Å². The largest absolute Gasteiger partial charge is 0.391 e. The van der Waals surface area contributed by atoms with Crippen molar-refractivity contribution in [1.29, 1.82) is 0 Å². The topological polar surface area (TPSA) is 141 Å². The second kappa shape index (κ2) is 9.38. The van der Waals surface area contributed by atoms with Crippen LogP contribution in [0, 0.1) is 12.8 Å². The van der Waals surface area contributed by atoms with Crippen molar-refractivity contribution in [2.45, 2.75) is 57.7 Å². The molecule has 1 fully saturated rings. The number of aliphatic hydroxyl groups is 1. The van der Waals surface area contributed by atoms with E-state index in [-0.39, 0.29) is 36.5 Å². The standard InChI is InChI=1S/C26H29N5O5S/c1-13(2)21(19-10-20(33)30-36-19)24(34)31-11-17(32)9-18(31)23-28-25(35)26(4,29-23)16-7-5-15(6-8-16)22-14(3)27-12-37-22/h5-8,10,12-13,17-18,21,32H,9,11H2,1-4H3,(H,30,33)(H,28,29,35)/t17-,18+,21+,26+/m1/s1. The number of hydrogen-bond acceptors (Lipinski definition) is 8. The van der Waals surface area contributed by atoms with Crippen LogP contribution in [0.3, 0.4) is 0 Å². The zero-order chi connectivity index (χ0) is 26.5. The van der Waals surface area contributed by atoms with Crippen molar-refractivity contribution >= 4 is 29.0 Å². The van der Waals surface area contributed by atoms with E-state index >= 15 is 0 Å². The number of aromatic nitrogens is 2. The summed E-state index contributed by atoms with van der Waals surface area (Å²) in [6.07, 6.45) is -0.528. The van der Waals surface area contributed by atoms with Crippen molar-refractivity contribution in [3.8, 4) is 10.4 Å². The van der Waals surface area contributed by atoms with E-state index in [4.69, 9.17) is 9.52 Å². The molecule has 2 aliphatic heterocycles. The minimum Gasteiger partial charge on any atom is -0.391 e. The zero-order valence-electron chi connectivity index (χ0n) is 21.0. The first-order valence-corrected chi connectivity index (χ1v) is 13.1. The molecule has 11 heteroatoms. The van der Waals surface area contributed by atoms with Crippen molar-refractivity contribution in [1.82, 2.24) is 20.4 Å². The van der Waals surface area contributed by atoms with Gasteiger partial charge in [0.05, 0.1) is 28.2 Å². The number of amidine groups is 1. The Balaban J connectivity index is 1.44. The number of thiazole rings is 1. The Hall–Kier alpha value is -3.57. The molecule has 3 N–H and O–H groups in total. The molecule has 4 atom stereocenters. The summed E-state index contributed by atoms with van der Waals surface area (Å²) in [6, 6.07) is 8.34. The van der Waals surface area contributed by atoms with Crippen LogP contribution >= 0.6 is 11.3 Å². The van der Waals surface area contributed by atoms with Gasteiger partial charge in [-0.2, -0.15) is 5.16 Å². The summed E-state index contributed by atoms with van der Waals surface area (Å²) in [5.74, 6) is -0.903. The fourth-order valence-electron chi connectivity index (χ4n) is 5.12. The quantitative estimate of drug-likeness (QED) is 0.454. The number of nitrogens with one attached hydrogen (secondary N) is 2. The first-order valence-electron chi connectivity index (χ1n) is 12.2. The SMILES string of the molecule is Cc1ncsc1-c1ccc([C@]2(C)N=C([C@@H]3C[C@@H](O)CN3C(=O)[C@H](c3cc(=O)[nH]o3)C(C)C)NC2=O)cc1. The first-order chi connectivity index (χ1) is 17.6. The van der Waals surface area contributed by atoms with Gasteiger partial charge in [0.2, 0.25) is 5.91 Å². The second-order valence-electron chi connectivity index (χ2n) is 10.1. The van der Waals surface area contributed by atoms with Gasteiger partial charge >= 0.3 is 0 Å². The van der Waals surface area contributed by atoms with Crippen molar-refractivity contribution in [3.63, 3.8) is 0 Å². The molecule has 194 valence electrons. The number of aryl methyl sites for hydroxylation is 1. The molecule has 4 heterocycles. The number of carbonyl (C=O) groups is 2. The van der Waals surface area contributed by atoms with Crippen LogP contribution in [0.1, 0.15) is 50.1 Å². The highest BCUT2D eigenvalue weighted by Crippen LogP contribution is 2.36. The van der Waals surface area contributed by atoms with Gasteiger partial charge in [0.25, 0.3) is 11.5 Å². The van der Waals surface area contributed by atoms with Crippen molar-refractivity contribution < 1.29 is 19.2 Å². The molecule has 0 saturated carbocycles. The summed E-state index contributed by atoms with van der Waals surface area (Å²) in [4.78, 5) is 50.2. The Morgan fingerprint density at radius 1 is 1.27 bits per heavy atom. The van der Waals surface area contributed by atoms with Gasteiger partial charge in [0, 0.05) is 19.0 Å². The molecule has 1 saturated heterocycles. The van der Waals surface area contributed by atoms with Gasteiger partial charge < -0.3 is 19.8 Å². The third kappa shape index (κ3) is 4.42. The first kappa shape index (κ1) is 25.1. The van der Waals surface area contributed by atoms with Crippen LogP contribution < -0.4 is 10.9 Å². The number of benzene rings is 1. The number of carbonyl (C=O) groups excluding carboxylic acids is 2. The van der Waals surface area contributed by atoms with Gasteiger partial charge in [0.1, 0.15) is 11.8 Å². The molecule has 3 aromatic rings. The third-order valence-electron chi connectivity index (χ3n) is 7.14. The van der Waals surface area contributed by atoms with Crippen molar-refractivity contribution in [3.05, 3.63) is 63.2 Å². The molecule has 2 amide bonds. The Bertz CT molecular complexity index is 1420. The second-order valence-corrected chi connectivity index (χ2v) is 11.0. The molecular formula is C26H29N5O5S. The summed E-state index contributed by atoms with van der Waals surface area (Å²) in [7, 11) is 0. The maximum atomic E-state index is 13.7. The lowest BCUT2D eigenvalue weighted by Gasteiger charge is -2.29. The highest BCUT2D eigenvalue weighted by Gasteiger charge is 2.48. The highest BCUT2D eigenvalue weighted by atomic mass is 32.1. The molecule has 0 unspecified atom stereocenters. The van der Waals surface area contributed by atoms with Crippen molar-refractivity contribution in [2.75, 3.05) is 6.54 Å². The summed E-state index contributed by atoms with van der Waals surface area (Å²) >= 11 is 1.56. The zero-order valence-corrected chi connectivity index (χ0v) is 21.8. The van der Waals surface area contributed by atoms with E-state index in [0.29, 0.717) is 5.84 Å². The minimum atomic E-state index is -1.18. The molecule has 0 radical (unpaired) electrons.